The van der Waals surface area contributed by atoms with E-state index in [1.165, 1.54) is 0 Å². The van der Waals surface area contributed by atoms with Crippen molar-refractivity contribution in [1.29, 1.82) is 0 Å². The molecule has 0 saturated carbocycles. The van der Waals surface area contributed by atoms with Crippen molar-refractivity contribution < 1.29 is 4.92 Å². The van der Waals surface area contributed by atoms with Gasteiger partial charge in [0.1, 0.15) is 0 Å². The van der Waals surface area contributed by atoms with Gasteiger partial charge in [-0.1, -0.05) is 13.8 Å². The summed E-state index contributed by atoms with van der Waals surface area (Å²) in [5.41, 5.74) is 1.58. The molecule has 0 saturated heterocycles. The molecule has 5 nitrogen and oxygen atoms in total. The van der Waals surface area contributed by atoms with E-state index in [1.807, 2.05) is 6.07 Å². The minimum Gasteiger partial charge on any atom is -0.385 e. The van der Waals surface area contributed by atoms with Crippen LogP contribution in [0.5, 0.6) is 0 Å². The lowest BCUT2D eigenvalue weighted by Gasteiger charge is -2.26. The zero-order valence-electron chi connectivity index (χ0n) is 12.1. The van der Waals surface area contributed by atoms with E-state index in [2.05, 4.69) is 38.3 Å². The molecule has 0 spiro atoms. The third-order valence-electron chi connectivity index (χ3n) is 3.07. The fraction of sp³-hybridized carbons (Fsp3) is 0.571. The van der Waals surface area contributed by atoms with E-state index in [0.717, 1.165) is 30.8 Å². The van der Waals surface area contributed by atoms with E-state index < -0.39 is 0 Å². The Labute approximate surface area is 114 Å². The summed E-state index contributed by atoms with van der Waals surface area (Å²) in [4.78, 5) is 10.6. The SMILES string of the molecule is CCCNc1cc(NC(C)(C)CC)cc([N+](=O)[O-])c1. The second-order valence-corrected chi connectivity index (χ2v) is 5.31. The zero-order valence-corrected chi connectivity index (χ0v) is 12.1. The minimum atomic E-state index is -0.360. The first kappa shape index (κ1) is 15.3. The number of nitro groups is 1. The summed E-state index contributed by atoms with van der Waals surface area (Å²) in [6.07, 6.45) is 1.92. The molecule has 0 atom stereocenters. The van der Waals surface area contributed by atoms with Gasteiger partial charge in [0, 0.05) is 35.6 Å². The molecule has 0 bridgehead atoms. The van der Waals surface area contributed by atoms with Crippen molar-refractivity contribution in [2.75, 3.05) is 17.2 Å². The van der Waals surface area contributed by atoms with Crippen LogP contribution in [0, 0.1) is 10.1 Å². The van der Waals surface area contributed by atoms with Crippen molar-refractivity contribution >= 4 is 17.1 Å². The van der Waals surface area contributed by atoms with Crippen LogP contribution >= 0.6 is 0 Å². The highest BCUT2D eigenvalue weighted by atomic mass is 16.6. The van der Waals surface area contributed by atoms with Crippen molar-refractivity contribution in [1.82, 2.24) is 0 Å². The number of benzene rings is 1. The molecule has 0 heterocycles. The Bertz CT molecular complexity index is 444. The maximum atomic E-state index is 11.0. The second kappa shape index (κ2) is 6.41. The number of non-ortho nitro benzene ring substituents is 1. The average Bonchev–Trinajstić information content (AvgIpc) is 2.35. The molecule has 0 aliphatic rings. The van der Waals surface area contributed by atoms with Crippen LogP contribution in [0.2, 0.25) is 0 Å². The van der Waals surface area contributed by atoms with Crippen LogP contribution in [0.4, 0.5) is 17.1 Å². The first-order chi connectivity index (χ1) is 8.88. The fourth-order valence-corrected chi connectivity index (χ4v) is 1.64. The van der Waals surface area contributed by atoms with Crippen molar-refractivity contribution in [3.63, 3.8) is 0 Å². The number of rotatable bonds is 7. The quantitative estimate of drug-likeness (QED) is 0.577. The van der Waals surface area contributed by atoms with Crippen LogP contribution in [0.25, 0.3) is 0 Å². The Kier molecular flexibility index (Phi) is 5.15. The highest BCUT2D eigenvalue weighted by molar-refractivity contribution is 5.64. The summed E-state index contributed by atoms with van der Waals surface area (Å²) >= 11 is 0. The normalized spacial score (nSPS) is 11.2. The fourth-order valence-electron chi connectivity index (χ4n) is 1.64. The average molecular weight is 265 g/mol. The molecule has 0 amide bonds. The molecule has 1 rings (SSSR count). The molecule has 0 unspecified atom stereocenters. The number of anilines is 2. The number of nitro benzene ring substituents is 1. The Hall–Kier alpha value is -1.78. The van der Waals surface area contributed by atoms with Gasteiger partial charge in [-0.25, -0.2) is 0 Å². The van der Waals surface area contributed by atoms with Gasteiger partial charge in [-0.2, -0.15) is 0 Å². The van der Waals surface area contributed by atoms with Crippen LogP contribution in [-0.4, -0.2) is 17.0 Å². The predicted molar refractivity (Wildman–Crippen MR) is 79.9 cm³/mol. The Morgan fingerprint density at radius 2 is 1.84 bits per heavy atom. The molecule has 0 aliphatic carbocycles. The maximum absolute atomic E-state index is 11.0. The smallest absolute Gasteiger partial charge is 0.273 e. The standard InChI is InChI=1S/C14H23N3O2/c1-5-7-15-11-8-12(16-14(3,4)6-2)10-13(9-11)17(18)19/h8-10,15-16H,5-7H2,1-4H3. The van der Waals surface area contributed by atoms with E-state index in [-0.39, 0.29) is 16.1 Å². The molecule has 106 valence electrons. The van der Waals surface area contributed by atoms with Gasteiger partial charge >= 0.3 is 0 Å². The second-order valence-electron chi connectivity index (χ2n) is 5.31. The molecule has 2 N–H and O–H groups in total. The molecular weight excluding hydrogens is 242 g/mol. The first-order valence-corrected chi connectivity index (χ1v) is 6.69. The molecule has 5 heteroatoms. The largest absolute Gasteiger partial charge is 0.385 e. The first-order valence-electron chi connectivity index (χ1n) is 6.69. The van der Waals surface area contributed by atoms with Crippen LogP contribution in [0.15, 0.2) is 18.2 Å². The van der Waals surface area contributed by atoms with Gasteiger partial charge in [-0.15, -0.1) is 0 Å². The third kappa shape index (κ3) is 4.77. The summed E-state index contributed by atoms with van der Waals surface area (Å²) in [7, 11) is 0. The summed E-state index contributed by atoms with van der Waals surface area (Å²) in [5, 5.41) is 17.5. The van der Waals surface area contributed by atoms with Gasteiger partial charge in [0.25, 0.3) is 5.69 Å². The summed E-state index contributed by atoms with van der Waals surface area (Å²) in [5.74, 6) is 0. The molecule has 19 heavy (non-hydrogen) atoms. The monoisotopic (exact) mass is 265 g/mol. The summed E-state index contributed by atoms with van der Waals surface area (Å²) in [6.45, 7) is 9.10. The van der Waals surface area contributed by atoms with Gasteiger partial charge in [-0.05, 0) is 32.8 Å². The van der Waals surface area contributed by atoms with Gasteiger partial charge < -0.3 is 10.6 Å². The van der Waals surface area contributed by atoms with Crippen LogP contribution in [-0.2, 0) is 0 Å². The molecule has 0 aliphatic heterocycles. The lowest BCUT2D eigenvalue weighted by atomic mass is 10.0. The Balaban J connectivity index is 3.02. The van der Waals surface area contributed by atoms with E-state index in [4.69, 9.17) is 0 Å². The van der Waals surface area contributed by atoms with Crippen LogP contribution < -0.4 is 10.6 Å². The highest BCUT2D eigenvalue weighted by Crippen LogP contribution is 2.27. The van der Waals surface area contributed by atoms with Crippen LogP contribution in [0.1, 0.15) is 40.5 Å². The number of nitrogens with one attached hydrogen (secondary N) is 2. The molecule has 0 radical (unpaired) electrons. The van der Waals surface area contributed by atoms with Gasteiger partial charge in [0.15, 0.2) is 0 Å². The van der Waals surface area contributed by atoms with Crippen molar-refractivity contribution in [2.24, 2.45) is 0 Å². The number of nitrogens with zero attached hydrogens (tertiary/aromatic N) is 1. The van der Waals surface area contributed by atoms with E-state index in [9.17, 15) is 10.1 Å². The van der Waals surface area contributed by atoms with Gasteiger partial charge in [0.2, 0.25) is 0 Å². The molecule has 1 aromatic rings. The van der Waals surface area contributed by atoms with E-state index in [1.54, 1.807) is 12.1 Å². The Morgan fingerprint density at radius 3 is 2.37 bits per heavy atom. The van der Waals surface area contributed by atoms with Crippen molar-refractivity contribution in [2.45, 2.75) is 46.1 Å². The number of hydrogen-bond acceptors (Lipinski definition) is 4. The van der Waals surface area contributed by atoms with E-state index in [0.29, 0.717) is 0 Å². The molecule has 0 fully saturated rings. The predicted octanol–water partition coefficient (Wildman–Crippen LogP) is 4.02. The topological polar surface area (TPSA) is 67.2 Å². The summed E-state index contributed by atoms with van der Waals surface area (Å²) < 4.78 is 0. The van der Waals surface area contributed by atoms with E-state index >= 15 is 0 Å². The number of hydrogen-bond donors (Lipinski definition) is 2. The van der Waals surface area contributed by atoms with Crippen molar-refractivity contribution in [3.8, 4) is 0 Å². The third-order valence-corrected chi connectivity index (χ3v) is 3.07. The molecule has 0 aromatic heterocycles. The zero-order chi connectivity index (χ0) is 14.5. The summed E-state index contributed by atoms with van der Waals surface area (Å²) in [6, 6.07) is 5.06. The highest BCUT2D eigenvalue weighted by Gasteiger charge is 2.17. The lowest BCUT2D eigenvalue weighted by Crippen LogP contribution is -2.29. The minimum absolute atomic E-state index is 0.0861. The molecular formula is C14H23N3O2. The van der Waals surface area contributed by atoms with Crippen molar-refractivity contribution in [3.05, 3.63) is 28.3 Å². The van der Waals surface area contributed by atoms with Crippen LogP contribution in [0.3, 0.4) is 0 Å². The maximum Gasteiger partial charge on any atom is 0.273 e. The molecule has 1 aromatic carbocycles. The van der Waals surface area contributed by atoms with Gasteiger partial charge in [-0.3, -0.25) is 10.1 Å². The lowest BCUT2D eigenvalue weighted by molar-refractivity contribution is -0.384. The van der Waals surface area contributed by atoms with Gasteiger partial charge in [0.05, 0.1) is 4.92 Å². The Morgan fingerprint density at radius 1 is 1.21 bits per heavy atom.